The van der Waals surface area contributed by atoms with E-state index < -0.39 is 0 Å². The van der Waals surface area contributed by atoms with Gasteiger partial charge < -0.3 is 15.1 Å². The van der Waals surface area contributed by atoms with Crippen molar-refractivity contribution in [2.75, 3.05) is 19.4 Å². The standard InChI is InChI=1S/C19H18FN3O2/c1-21-17-13(10-3-4-10)9-14-15(18(24)22-2)16(25-19(14)23-17)11-5-7-12(20)8-6-11/h5-10H,3-4H2,1-2H3,(H,21,23)(H,22,24). The van der Waals surface area contributed by atoms with Crippen LogP contribution in [-0.4, -0.2) is 25.0 Å². The van der Waals surface area contributed by atoms with Crippen molar-refractivity contribution in [2.45, 2.75) is 18.8 Å². The molecule has 0 atom stereocenters. The van der Waals surface area contributed by atoms with Gasteiger partial charge in [-0.1, -0.05) is 0 Å². The van der Waals surface area contributed by atoms with E-state index in [1.807, 2.05) is 13.1 Å². The molecule has 2 aromatic heterocycles. The maximum absolute atomic E-state index is 13.2. The second-order valence-electron chi connectivity index (χ2n) is 6.20. The number of carbonyl (C=O) groups is 1. The number of halogens is 1. The van der Waals surface area contributed by atoms with Crippen LogP contribution in [0.3, 0.4) is 0 Å². The Kier molecular flexibility index (Phi) is 3.67. The van der Waals surface area contributed by atoms with Gasteiger partial charge in [0.1, 0.15) is 17.4 Å². The van der Waals surface area contributed by atoms with E-state index in [4.69, 9.17) is 4.42 Å². The van der Waals surface area contributed by atoms with Crippen LogP contribution in [0, 0.1) is 5.82 Å². The number of rotatable bonds is 4. The van der Waals surface area contributed by atoms with Crippen molar-refractivity contribution >= 4 is 22.8 Å². The lowest BCUT2D eigenvalue weighted by molar-refractivity contribution is 0.0964. The van der Waals surface area contributed by atoms with Crippen molar-refractivity contribution in [1.29, 1.82) is 0 Å². The topological polar surface area (TPSA) is 67.2 Å². The Morgan fingerprint density at radius 3 is 2.56 bits per heavy atom. The van der Waals surface area contributed by atoms with Crippen LogP contribution in [0.4, 0.5) is 10.2 Å². The minimum absolute atomic E-state index is 0.251. The molecular formula is C19H18FN3O2. The number of pyridine rings is 1. The SMILES string of the molecule is CNC(=O)c1c(-c2ccc(F)cc2)oc2nc(NC)c(C3CC3)cc12. The highest BCUT2D eigenvalue weighted by molar-refractivity contribution is 6.10. The van der Waals surface area contributed by atoms with Gasteiger partial charge >= 0.3 is 0 Å². The Hall–Kier alpha value is -2.89. The van der Waals surface area contributed by atoms with Gasteiger partial charge in [-0.05, 0) is 54.7 Å². The third-order valence-corrected chi connectivity index (χ3v) is 4.53. The third-order valence-electron chi connectivity index (χ3n) is 4.53. The zero-order valence-electron chi connectivity index (χ0n) is 14.0. The number of hydrogen-bond acceptors (Lipinski definition) is 4. The number of aromatic nitrogens is 1. The lowest BCUT2D eigenvalue weighted by Crippen LogP contribution is -2.18. The maximum atomic E-state index is 13.2. The van der Waals surface area contributed by atoms with Crippen LogP contribution in [-0.2, 0) is 0 Å². The fraction of sp³-hybridized carbons (Fsp3) is 0.263. The molecule has 0 aliphatic heterocycles. The molecule has 1 aliphatic rings. The van der Waals surface area contributed by atoms with Gasteiger partial charge in [0, 0.05) is 19.7 Å². The molecule has 1 amide bonds. The van der Waals surface area contributed by atoms with E-state index in [1.54, 1.807) is 19.2 Å². The maximum Gasteiger partial charge on any atom is 0.255 e. The fourth-order valence-electron chi connectivity index (χ4n) is 3.10. The normalized spacial score (nSPS) is 13.9. The molecule has 1 saturated carbocycles. The molecule has 6 heteroatoms. The second-order valence-corrected chi connectivity index (χ2v) is 6.20. The summed E-state index contributed by atoms with van der Waals surface area (Å²) < 4.78 is 19.2. The summed E-state index contributed by atoms with van der Waals surface area (Å²) in [5.74, 6) is 1.06. The van der Waals surface area contributed by atoms with Crippen LogP contribution in [0.5, 0.6) is 0 Å². The van der Waals surface area contributed by atoms with Crippen LogP contribution in [0.1, 0.15) is 34.7 Å². The van der Waals surface area contributed by atoms with Crippen molar-refractivity contribution in [3.05, 3.63) is 47.3 Å². The number of nitrogens with one attached hydrogen (secondary N) is 2. The fourth-order valence-corrected chi connectivity index (χ4v) is 3.10. The Bertz CT molecular complexity index is 959. The summed E-state index contributed by atoms with van der Waals surface area (Å²) in [6, 6.07) is 7.88. The van der Waals surface area contributed by atoms with Crippen molar-refractivity contribution in [3.8, 4) is 11.3 Å². The molecule has 1 aliphatic carbocycles. The van der Waals surface area contributed by atoms with Gasteiger partial charge in [0.25, 0.3) is 5.91 Å². The molecule has 0 saturated heterocycles. The molecular weight excluding hydrogens is 321 g/mol. The van der Waals surface area contributed by atoms with E-state index in [0.29, 0.717) is 33.9 Å². The predicted octanol–water partition coefficient (Wildman–Crippen LogP) is 3.91. The van der Waals surface area contributed by atoms with Crippen LogP contribution >= 0.6 is 0 Å². The number of anilines is 1. The zero-order valence-corrected chi connectivity index (χ0v) is 14.0. The van der Waals surface area contributed by atoms with Crippen molar-refractivity contribution < 1.29 is 13.6 Å². The summed E-state index contributed by atoms with van der Waals surface area (Å²) >= 11 is 0. The first-order chi connectivity index (χ1) is 12.1. The summed E-state index contributed by atoms with van der Waals surface area (Å²) in [6.45, 7) is 0. The van der Waals surface area contributed by atoms with E-state index in [2.05, 4.69) is 15.6 Å². The number of hydrogen-bond donors (Lipinski definition) is 2. The predicted molar refractivity (Wildman–Crippen MR) is 94.3 cm³/mol. The minimum atomic E-state index is -0.340. The lowest BCUT2D eigenvalue weighted by Gasteiger charge is -2.07. The van der Waals surface area contributed by atoms with Crippen LogP contribution in [0.2, 0.25) is 0 Å². The number of carbonyl (C=O) groups excluding carboxylic acids is 1. The van der Waals surface area contributed by atoms with E-state index >= 15 is 0 Å². The molecule has 5 nitrogen and oxygen atoms in total. The number of furan rings is 1. The van der Waals surface area contributed by atoms with Crippen molar-refractivity contribution in [1.82, 2.24) is 10.3 Å². The number of benzene rings is 1. The molecule has 0 spiro atoms. The monoisotopic (exact) mass is 339 g/mol. The van der Waals surface area contributed by atoms with Gasteiger partial charge in [0.05, 0.1) is 10.9 Å². The summed E-state index contributed by atoms with van der Waals surface area (Å²) in [7, 11) is 3.40. The number of nitrogens with zero attached hydrogens (tertiary/aromatic N) is 1. The van der Waals surface area contributed by atoms with Crippen molar-refractivity contribution in [3.63, 3.8) is 0 Å². The number of amides is 1. The first-order valence-corrected chi connectivity index (χ1v) is 8.25. The Morgan fingerprint density at radius 2 is 1.96 bits per heavy atom. The van der Waals surface area contributed by atoms with Crippen LogP contribution in [0.25, 0.3) is 22.4 Å². The molecule has 1 fully saturated rings. The first-order valence-electron chi connectivity index (χ1n) is 8.25. The van der Waals surface area contributed by atoms with Crippen LogP contribution < -0.4 is 10.6 Å². The molecule has 3 aromatic rings. The smallest absolute Gasteiger partial charge is 0.255 e. The molecule has 0 unspecified atom stereocenters. The highest BCUT2D eigenvalue weighted by Crippen LogP contribution is 2.45. The quantitative estimate of drug-likeness (QED) is 0.756. The average molecular weight is 339 g/mol. The second kappa shape index (κ2) is 5.88. The Morgan fingerprint density at radius 1 is 1.24 bits per heavy atom. The summed E-state index contributed by atoms with van der Waals surface area (Å²) in [4.78, 5) is 17.1. The van der Waals surface area contributed by atoms with Gasteiger partial charge in [-0.3, -0.25) is 4.79 Å². The highest BCUT2D eigenvalue weighted by Gasteiger charge is 2.30. The van der Waals surface area contributed by atoms with E-state index in [9.17, 15) is 9.18 Å². The van der Waals surface area contributed by atoms with Crippen molar-refractivity contribution in [2.24, 2.45) is 0 Å². The molecule has 0 radical (unpaired) electrons. The molecule has 128 valence electrons. The highest BCUT2D eigenvalue weighted by atomic mass is 19.1. The largest absolute Gasteiger partial charge is 0.437 e. The third kappa shape index (κ3) is 2.63. The molecule has 4 rings (SSSR count). The Labute approximate surface area is 144 Å². The summed E-state index contributed by atoms with van der Waals surface area (Å²) in [6.07, 6.45) is 2.25. The van der Waals surface area contributed by atoms with Crippen LogP contribution in [0.15, 0.2) is 34.7 Å². The van der Waals surface area contributed by atoms with Gasteiger partial charge in [-0.15, -0.1) is 0 Å². The van der Waals surface area contributed by atoms with Gasteiger partial charge in [0.15, 0.2) is 0 Å². The summed E-state index contributed by atoms with van der Waals surface area (Å²) in [5.41, 5.74) is 2.57. The molecule has 2 N–H and O–H groups in total. The average Bonchev–Trinajstić information content (AvgIpc) is 3.41. The minimum Gasteiger partial charge on any atom is -0.437 e. The molecule has 1 aromatic carbocycles. The van der Waals surface area contributed by atoms with E-state index in [-0.39, 0.29) is 11.7 Å². The molecule has 25 heavy (non-hydrogen) atoms. The molecule has 0 bridgehead atoms. The van der Waals surface area contributed by atoms with E-state index in [0.717, 1.165) is 24.2 Å². The van der Waals surface area contributed by atoms with E-state index in [1.165, 1.54) is 12.1 Å². The van der Waals surface area contributed by atoms with Gasteiger partial charge in [-0.2, -0.15) is 4.98 Å². The van der Waals surface area contributed by atoms with Gasteiger partial charge in [0.2, 0.25) is 5.71 Å². The Balaban J connectivity index is 1.98. The summed E-state index contributed by atoms with van der Waals surface area (Å²) in [5, 5.41) is 6.44. The first kappa shape index (κ1) is 15.6. The lowest BCUT2D eigenvalue weighted by atomic mass is 10.0. The van der Waals surface area contributed by atoms with Gasteiger partial charge in [-0.25, -0.2) is 4.39 Å². The zero-order chi connectivity index (χ0) is 17.6. The molecule has 2 heterocycles. The number of fused-ring (bicyclic) bond motifs is 1.